The molecule has 4 aromatic rings. The van der Waals surface area contributed by atoms with E-state index >= 15 is 0 Å². The van der Waals surface area contributed by atoms with Gasteiger partial charge < -0.3 is 14.6 Å². The van der Waals surface area contributed by atoms with E-state index in [4.69, 9.17) is 32.7 Å². The van der Waals surface area contributed by atoms with E-state index in [1.807, 2.05) is 24.3 Å². The first kappa shape index (κ1) is 40.4. The molecular weight excluding hydrogens is 683 g/mol. The quantitative estimate of drug-likeness (QED) is 0.195. The van der Waals surface area contributed by atoms with Crippen LogP contribution in [0.15, 0.2) is 84.9 Å². The number of halogens is 2. The number of hydrogen-bond acceptors (Lipinski definition) is 3. The Labute approximate surface area is 324 Å². The molecule has 0 aromatic heterocycles. The average molecular weight is 744 g/mol. The number of ether oxygens (including phenoxy) is 2. The van der Waals surface area contributed by atoms with E-state index in [-0.39, 0.29) is 18.0 Å². The monoisotopic (exact) mass is 742 g/mol. The van der Waals surface area contributed by atoms with E-state index in [2.05, 4.69) is 111 Å². The number of phenols is 1. The van der Waals surface area contributed by atoms with E-state index in [1.165, 1.54) is 27.8 Å². The van der Waals surface area contributed by atoms with Gasteiger partial charge in [-0.05, 0) is 126 Å². The molecule has 4 aromatic carbocycles. The topological polar surface area (TPSA) is 38.7 Å². The molecule has 1 N–H and O–H groups in total. The van der Waals surface area contributed by atoms with Crippen LogP contribution in [0.25, 0.3) is 0 Å². The third kappa shape index (κ3) is 9.45. The van der Waals surface area contributed by atoms with Gasteiger partial charge in [0.2, 0.25) is 0 Å². The van der Waals surface area contributed by atoms with Crippen LogP contribution < -0.4 is 0 Å². The van der Waals surface area contributed by atoms with Crippen molar-refractivity contribution in [2.75, 3.05) is 0 Å². The lowest BCUT2D eigenvalue weighted by molar-refractivity contribution is -0.136. The fourth-order valence-electron chi connectivity index (χ4n) is 8.33. The van der Waals surface area contributed by atoms with Gasteiger partial charge in [0, 0.05) is 10.0 Å². The van der Waals surface area contributed by atoms with Gasteiger partial charge in [0.05, 0.1) is 24.4 Å². The summed E-state index contributed by atoms with van der Waals surface area (Å²) in [7, 11) is 0. The van der Waals surface area contributed by atoms with Gasteiger partial charge in [0.15, 0.2) is 0 Å². The van der Waals surface area contributed by atoms with Crippen molar-refractivity contribution in [3.05, 3.63) is 134 Å². The number of aryl methyl sites for hydroxylation is 1. The van der Waals surface area contributed by atoms with Gasteiger partial charge in [-0.25, -0.2) is 0 Å². The Morgan fingerprint density at radius 3 is 1.29 bits per heavy atom. The SMILES string of the molecule is CC[C@H]1O[C@@H](c2ccc(Cl)c(Cc3ccc(C)cc3)c2)[C@H](C)[C@@H](C)[C@@H]1C.CC[C@H]1O[C@@H](c2ccc(Cl)c(Cc3ccc(O)cc3)c2)[C@H](C)[C@@H](C)[C@@H]1C. The maximum atomic E-state index is 9.47. The summed E-state index contributed by atoms with van der Waals surface area (Å²) in [4.78, 5) is 0. The van der Waals surface area contributed by atoms with E-state index in [9.17, 15) is 5.11 Å². The molecule has 0 unspecified atom stereocenters. The molecule has 52 heavy (non-hydrogen) atoms. The Morgan fingerprint density at radius 1 is 0.519 bits per heavy atom. The van der Waals surface area contributed by atoms with Gasteiger partial charge in [0.1, 0.15) is 5.75 Å². The first-order valence-corrected chi connectivity index (χ1v) is 20.3. The highest BCUT2D eigenvalue weighted by atomic mass is 35.5. The molecule has 2 aliphatic heterocycles. The van der Waals surface area contributed by atoms with Crippen LogP contribution in [-0.2, 0) is 22.3 Å². The summed E-state index contributed by atoms with van der Waals surface area (Å²) in [6.07, 6.45) is 4.63. The van der Waals surface area contributed by atoms with Gasteiger partial charge in [-0.2, -0.15) is 0 Å². The maximum absolute atomic E-state index is 9.47. The minimum Gasteiger partial charge on any atom is -0.508 e. The summed E-state index contributed by atoms with van der Waals surface area (Å²) in [6, 6.07) is 28.8. The van der Waals surface area contributed by atoms with Crippen LogP contribution in [0.4, 0.5) is 0 Å². The van der Waals surface area contributed by atoms with E-state index < -0.39 is 0 Å². The van der Waals surface area contributed by atoms with Crippen LogP contribution in [0, 0.1) is 42.4 Å². The zero-order valence-electron chi connectivity index (χ0n) is 32.7. The third-order valence-corrected chi connectivity index (χ3v) is 13.3. The average Bonchev–Trinajstić information content (AvgIpc) is 3.14. The standard InChI is InChI=1S/C24H31ClO.C23H29ClO2/c1-6-23-17(4)16(3)18(5)24(26-23)20-11-12-22(25)21(14-20)13-19-9-7-15(2)8-10-19;1-5-22-15(3)14(2)16(4)23(26-22)18-8-11-21(24)19(13-18)12-17-6-9-20(25)10-7-17/h7-12,14,16-18,23-24H,6,13H2,1-5H3;6-11,13-16,22-23,25H,5,12H2,1-4H3/t16-,17-,18+,23+,24+;14-,15-,16+,22+,23+/m00/s1. The predicted octanol–water partition coefficient (Wildman–Crippen LogP) is 13.4. The van der Waals surface area contributed by atoms with E-state index in [0.717, 1.165) is 46.9 Å². The van der Waals surface area contributed by atoms with Gasteiger partial charge in [-0.1, -0.05) is 145 Å². The van der Waals surface area contributed by atoms with Crippen LogP contribution in [-0.4, -0.2) is 17.3 Å². The molecule has 2 aliphatic rings. The molecule has 10 atom stereocenters. The zero-order valence-corrected chi connectivity index (χ0v) is 34.2. The molecule has 0 amide bonds. The Balaban J connectivity index is 0.000000201. The van der Waals surface area contributed by atoms with E-state index in [1.54, 1.807) is 12.1 Å². The summed E-state index contributed by atoms with van der Waals surface area (Å²) in [5.74, 6) is 3.70. The number of benzene rings is 4. The summed E-state index contributed by atoms with van der Waals surface area (Å²) < 4.78 is 13.0. The molecule has 6 rings (SSSR count). The van der Waals surface area contributed by atoms with Crippen molar-refractivity contribution in [3.63, 3.8) is 0 Å². The molecule has 0 bridgehead atoms. The number of aromatic hydroxyl groups is 1. The normalized spacial score (nSPS) is 28.9. The zero-order chi connectivity index (χ0) is 37.7. The van der Waals surface area contributed by atoms with Crippen molar-refractivity contribution in [2.24, 2.45) is 35.5 Å². The second-order valence-corrected chi connectivity index (χ2v) is 16.7. The molecule has 3 nitrogen and oxygen atoms in total. The molecule has 0 radical (unpaired) electrons. The van der Waals surface area contributed by atoms with Crippen molar-refractivity contribution in [3.8, 4) is 5.75 Å². The van der Waals surface area contributed by atoms with Crippen LogP contribution in [0.5, 0.6) is 5.75 Å². The van der Waals surface area contributed by atoms with Crippen molar-refractivity contribution < 1.29 is 14.6 Å². The Kier molecular flexibility index (Phi) is 14.0. The largest absolute Gasteiger partial charge is 0.508 e. The van der Waals surface area contributed by atoms with Crippen molar-refractivity contribution in [2.45, 2.75) is 112 Å². The maximum Gasteiger partial charge on any atom is 0.115 e. The van der Waals surface area contributed by atoms with Crippen LogP contribution in [0.1, 0.15) is 119 Å². The van der Waals surface area contributed by atoms with Gasteiger partial charge in [-0.15, -0.1) is 0 Å². The predicted molar refractivity (Wildman–Crippen MR) is 219 cm³/mol. The second-order valence-electron chi connectivity index (χ2n) is 15.9. The molecule has 0 aliphatic carbocycles. The number of phenolic OH excluding ortho intramolecular Hbond substituents is 1. The summed E-state index contributed by atoms with van der Waals surface area (Å²) in [6.45, 7) is 20.5. The lowest BCUT2D eigenvalue weighted by Gasteiger charge is -2.44. The van der Waals surface area contributed by atoms with Crippen molar-refractivity contribution >= 4 is 23.2 Å². The minimum atomic E-state index is 0.113. The first-order chi connectivity index (χ1) is 24.8. The van der Waals surface area contributed by atoms with Gasteiger partial charge >= 0.3 is 0 Å². The fourth-order valence-corrected chi connectivity index (χ4v) is 8.70. The highest BCUT2D eigenvalue weighted by molar-refractivity contribution is 6.31. The molecule has 0 spiro atoms. The van der Waals surface area contributed by atoms with Gasteiger partial charge in [0.25, 0.3) is 0 Å². The summed E-state index contributed by atoms with van der Waals surface area (Å²) in [5.41, 5.74) is 8.47. The van der Waals surface area contributed by atoms with Gasteiger partial charge in [-0.3, -0.25) is 0 Å². The Morgan fingerprint density at radius 2 is 0.904 bits per heavy atom. The van der Waals surface area contributed by atoms with Crippen LogP contribution >= 0.6 is 23.2 Å². The third-order valence-electron chi connectivity index (χ3n) is 12.5. The lowest BCUT2D eigenvalue weighted by atomic mass is 9.74. The number of rotatable bonds is 8. The second kappa shape index (κ2) is 18.0. The number of hydrogen-bond donors (Lipinski definition) is 1. The lowest BCUT2D eigenvalue weighted by Crippen LogP contribution is -2.40. The molecule has 2 heterocycles. The highest BCUT2D eigenvalue weighted by Crippen LogP contribution is 2.45. The molecule has 5 heteroatoms. The molecule has 0 saturated carbocycles. The van der Waals surface area contributed by atoms with E-state index in [0.29, 0.717) is 47.7 Å². The van der Waals surface area contributed by atoms with Crippen LogP contribution in [0.2, 0.25) is 10.0 Å². The molecule has 2 fully saturated rings. The van der Waals surface area contributed by atoms with Crippen LogP contribution in [0.3, 0.4) is 0 Å². The first-order valence-electron chi connectivity index (χ1n) is 19.5. The van der Waals surface area contributed by atoms with Crippen molar-refractivity contribution in [1.82, 2.24) is 0 Å². The highest BCUT2D eigenvalue weighted by Gasteiger charge is 2.40. The molecular formula is C47H60Cl2O3. The molecule has 2 saturated heterocycles. The fraction of sp³-hybridized carbons (Fsp3) is 0.489. The summed E-state index contributed by atoms with van der Waals surface area (Å²) >= 11 is 13.0. The Bertz CT molecular complexity index is 1600. The molecule has 280 valence electrons. The van der Waals surface area contributed by atoms with Crippen molar-refractivity contribution in [1.29, 1.82) is 0 Å². The Hall–Kier alpha value is -2.82. The minimum absolute atomic E-state index is 0.113. The summed E-state index contributed by atoms with van der Waals surface area (Å²) in [5, 5.41) is 11.1. The smallest absolute Gasteiger partial charge is 0.115 e.